The minimum Gasteiger partial charge on any atom is -0.318 e. The molecule has 0 radical (unpaired) electrons. The second-order valence-electron chi connectivity index (χ2n) is 4.78. The molecule has 0 fully saturated rings. The number of hydrogen-bond donors (Lipinski definition) is 0. The molecule has 1 aliphatic heterocycles. The van der Waals surface area contributed by atoms with Gasteiger partial charge < -0.3 is 4.57 Å². The smallest absolute Gasteiger partial charge is 0.123 e. The molecule has 2 heteroatoms. The van der Waals surface area contributed by atoms with Crippen LogP contribution in [0.1, 0.15) is 6.92 Å². The van der Waals surface area contributed by atoms with Crippen molar-refractivity contribution in [1.82, 2.24) is 0 Å². The van der Waals surface area contributed by atoms with Gasteiger partial charge in [-0.1, -0.05) is 54.1 Å². The van der Waals surface area contributed by atoms with Crippen molar-refractivity contribution in [2.24, 2.45) is 0 Å². The molecule has 2 aromatic carbocycles. The van der Waals surface area contributed by atoms with Crippen LogP contribution in [-0.2, 0) is 4.57 Å². The molecule has 0 N–H and O–H groups in total. The van der Waals surface area contributed by atoms with Gasteiger partial charge in [0, 0.05) is 17.6 Å². The molecule has 0 amide bonds. The minimum absolute atomic E-state index is 0.729. The van der Waals surface area contributed by atoms with Crippen LogP contribution in [0.4, 0.5) is 0 Å². The van der Waals surface area contributed by atoms with Crippen molar-refractivity contribution in [3.05, 3.63) is 54.1 Å². The van der Waals surface area contributed by atoms with Crippen molar-refractivity contribution in [2.75, 3.05) is 12.3 Å². The van der Waals surface area contributed by atoms with Crippen LogP contribution in [0, 0.1) is 0 Å². The summed E-state index contributed by atoms with van der Waals surface area (Å²) in [7, 11) is -2.22. The van der Waals surface area contributed by atoms with E-state index in [0.717, 1.165) is 23.0 Å². The van der Waals surface area contributed by atoms with Crippen LogP contribution in [0.25, 0.3) is 10.8 Å². The highest BCUT2D eigenvalue weighted by Crippen LogP contribution is 2.51. The minimum atomic E-state index is -2.22. The van der Waals surface area contributed by atoms with Crippen LogP contribution in [-0.4, -0.2) is 12.3 Å². The van der Waals surface area contributed by atoms with Crippen molar-refractivity contribution in [2.45, 2.75) is 6.92 Å². The Bertz CT molecular complexity index is 650. The first kappa shape index (κ1) is 10.8. The van der Waals surface area contributed by atoms with E-state index in [-0.39, 0.29) is 0 Å². The topological polar surface area (TPSA) is 17.1 Å². The van der Waals surface area contributed by atoms with Crippen LogP contribution in [0.2, 0.25) is 0 Å². The Hall–Kier alpha value is -1.33. The quantitative estimate of drug-likeness (QED) is 0.549. The normalized spacial score (nSPS) is 23.9. The van der Waals surface area contributed by atoms with Crippen LogP contribution < -0.4 is 5.30 Å². The van der Waals surface area contributed by atoms with Crippen LogP contribution in [0.3, 0.4) is 0 Å². The maximum absolute atomic E-state index is 13.0. The van der Waals surface area contributed by atoms with Gasteiger partial charge in [0.25, 0.3) is 0 Å². The van der Waals surface area contributed by atoms with E-state index in [9.17, 15) is 4.57 Å². The highest BCUT2D eigenvalue weighted by atomic mass is 31.2. The number of hydrogen-bond acceptors (Lipinski definition) is 1. The third kappa shape index (κ3) is 1.75. The van der Waals surface area contributed by atoms with Gasteiger partial charge >= 0.3 is 0 Å². The lowest BCUT2D eigenvalue weighted by atomic mass is 10.1. The molecular formula is C15H15OP. The highest BCUT2D eigenvalue weighted by Gasteiger charge is 2.29. The van der Waals surface area contributed by atoms with Crippen LogP contribution >= 0.6 is 7.14 Å². The van der Waals surface area contributed by atoms with E-state index in [0.29, 0.717) is 0 Å². The molecule has 1 nitrogen and oxygen atoms in total. The Labute approximate surface area is 102 Å². The first-order valence-electron chi connectivity index (χ1n) is 5.91. The average Bonchev–Trinajstić information content (AvgIpc) is 2.70. The predicted molar refractivity (Wildman–Crippen MR) is 74.7 cm³/mol. The Morgan fingerprint density at radius 3 is 2.59 bits per heavy atom. The average molecular weight is 242 g/mol. The van der Waals surface area contributed by atoms with Gasteiger partial charge in [0.1, 0.15) is 7.14 Å². The van der Waals surface area contributed by atoms with Crippen molar-refractivity contribution in [3.63, 3.8) is 0 Å². The van der Waals surface area contributed by atoms with E-state index in [1.165, 1.54) is 11.0 Å². The molecule has 0 aromatic heterocycles. The molecule has 3 rings (SSSR count). The molecule has 2 aromatic rings. The van der Waals surface area contributed by atoms with Gasteiger partial charge in [0.05, 0.1) is 0 Å². The molecule has 0 aliphatic carbocycles. The summed E-state index contributed by atoms with van der Waals surface area (Å²) in [5.74, 6) is 0. The number of allylic oxidation sites excluding steroid dienone is 2. The third-order valence-electron chi connectivity index (χ3n) is 3.45. The van der Waals surface area contributed by atoms with Gasteiger partial charge in [0.2, 0.25) is 0 Å². The van der Waals surface area contributed by atoms with E-state index >= 15 is 0 Å². The third-order valence-corrected chi connectivity index (χ3v) is 6.50. The zero-order valence-corrected chi connectivity index (χ0v) is 10.8. The summed E-state index contributed by atoms with van der Waals surface area (Å²) in [6, 6.07) is 14.4. The first-order valence-corrected chi connectivity index (χ1v) is 7.99. The van der Waals surface area contributed by atoms with Gasteiger partial charge in [-0.3, -0.25) is 0 Å². The summed E-state index contributed by atoms with van der Waals surface area (Å²) in [6.45, 7) is 2.07. The molecule has 1 unspecified atom stereocenters. The molecule has 1 aliphatic rings. The van der Waals surface area contributed by atoms with E-state index < -0.39 is 7.14 Å². The summed E-state index contributed by atoms with van der Waals surface area (Å²) < 4.78 is 13.0. The first-order chi connectivity index (χ1) is 8.19. The second kappa shape index (κ2) is 3.85. The number of rotatable bonds is 1. The standard InChI is InChI=1S/C15H15OP/c1-12-9-10-17(16,11-12)15-8-4-6-13-5-2-3-7-14(13)15/h2-9H,10-11H2,1H3. The van der Waals surface area contributed by atoms with Gasteiger partial charge in [-0.05, 0) is 17.7 Å². The SMILES string of the molecule is CC1=CCP(=O)(c2cccc3ccccc23)C1. The Morgan fingerprint density at radius 2 is 1.82 bits per heavy atom. The molecule has 0 spiro atoms. The summed E-state index contributed by atoms with van der Waals surface area (Å²) >= 11 is 0. The summed E-state index contributed by atoms with van der Waals surface area (Å²) in [5.41, 5.74) is 1.27. The fraction of sp³-hybridized carbons (Fsp3) is 0.200. The summed E-state index contributed by atoms with van der Waals surface area (Å²) in [6.07, 6.45) is 3.61. The molecule has 0 bridgehead atoms. The van der Waals surface area contributed by atoms with Crippen molar-refractivity contribution < 1.29 is 4.57 Å². The molecular weight excluding hydrogens is 227 g/mol. The lowest BCUT2D eigenvalue weighted by Gasteiger charge is -2.14. The Kier molecular flexibility index (Phi) is 2.45. The summed E-state index contributed by atoms with van der Waals surface area (Å²) in [5, 5.41) is 3.40. The van der Waals surface area contributed by atoms with E-state index in [2.05, 4.69) is 31.2 Å². The Morgan fingerprint density at radius 1 is 1.06 bits per heavy atom. The summed E-state index contributed by atoms with van der Waals surface area (Å²) in [4.78, 5) is 0. The van der Waals surface area contributed by atoms with Gasteiger partial charge in [-0.2, -0.15) is 0 Å². The number of fused-ring (bicyclic) bond motifs is 1. The van der Waals surface area contributed by atoms with E-state index in [4.69, 9.17) is 0 Å². The molecule has 1 atom stereocenters. The maximum atomic E-state index is 13.0. The van der Waals surface area contributed by atoms with Gasteiger partial charge in [-0.15, -0.1) is 0 Å². The predicted octanol–water partition coefficient (Wildman–Crippen LogP) is 3.79. The molecule has 86 valence electrons. The molecule has 0 saturated carbocycles. The van der Waals surface area contributed by atoms with Crippen molar-refractivity contribution in [3.8, 4) is 0 Å². The monoisotopic (exact) mass is 242 g/mol. The fourth-order valence-electron chi connectivity index (χ4n) is 2.58. The highest BCUT2D eigenvalue weighted by molar-refractivity contribution is 7.72. The van der Waals surface area contributed by atoms with Gasteiger partial charge in [0.15, 0.2) is 0 Å². The lowest BCUT2D eigenvalue weighted by molar-refractivity contribution is 0.585. The van der Waals surface area contributed by atoms with Crippen LogP contribution in [0.15, 0.2) is 54.1 Å². The van der Waals surface area contributed by atoms with E-state index in [1.54, 1.807) is 0 Å². The second-order valence-corrected chi connectivity index (χ2v) is 7.72. The zero-order chi connectivity index (χ0) is 11.9. The largest absolute Gasteiger partial charge is 0.318 e. The van der Waals surface area contributed by atoms with Gasteiger partial charge in [-0.25, -0.2) is 0 Å². The molecule has 17 heavy (non-hydrogen) atoms. The lowest BCUT2D eigenvalue weighted by Crippen LogP contribution is -2.08. The fourth-order valence-corrected chi connectivity index (χ4v) is 5.62. The molecule has 1 heterocycles. The molecule has 0 saturated heterocycles. The Balaban J connectivity index is 2.22. The zero-order valence-electron chi connectivity index (χ0n) is 9.89. The maximum Gasteiger partial charge on any atom is 0.123 e. The van der Waals surface area contributed by atoms with Crippen molar-refractivity contribution >= 4 is 23.2 Å². The van der Waals surface area contributed by atoms with E-state index in [1.807, 2.05) is 24.3 Å². The number of benzene rings is 2. The van der Waals surface area contributed by atoms with Crippen LogP contribution in [0.5, 0.6) is 0 Å². The van der Waals surface area contributed by atoms with Crippen molar-refractivity contribution in [1.29, 1.82) is 0 Å².